The van der Waals surface area contributed by atoms with E-state index in [0.717, 1.165) is 64.2 Å². The van der Waals surface area contributed by atoms with Gasteiger partial charge in [0.05, 0.1) is 23.4 Å². The van der Waals surface area contributed by atoms with Crippen LogP contribution in [0.2, 0.25) is 0 Å². The molecule has 1 aromatic heterocycles. The van der Waals surface area contributed by atoms with Gasteiger partial charge in [0.1, 0.15) is 23.7 Å². The monoisotopic (exact) mass is 752 g/mol. The van der Waals surface area contributed by atoms with Gasteiger partial charge in [-0.15, -0.1) is 0 Å². The van der Waals surface area contributed by atoms with Crippen molar-refractivity contribution >= 4 is 27.6 Å². The summed E-state index contributed by atoms with van der Waals surface area (Å²) >= 11 is 0. The number of hydrogen-bond donors (Lipinski definition) is 4. The molecule has 5 aliphatic rings. The number of nitrogen functional groups attached to an aromatic ring is 1. The molecule has 4 heterocycles. The van der Waals surface area contributed by atoms with Crippen LogP contribution in [0.5, 0.6) is 0 Å². The topological polar surface area (TPSA) is 138 Å². The first-order valence-electron chi connectivity index (χ1n) is 20.7. The molecule has 14 heteroatoms. The number of anilines is 2. The Hall–Kier alpha value is -2.03. The van der Waals surface area contributed by atoms with Crippen LogP contribution >= 0.6 is 0 Å². The lowest BCUT2D eigenvalue weighted by Gasteiger charge is -2.49. The standard InChI is InChI=1S/C38H66F2N8O3S/c1-46(2)52(50,51)28-20-22-47(23-21-28)35-30(25-42-33(32(35)40)26-16-12-8-6-7-9-13-17-26)44-38(49)31-36(41)45-48-34(29(39)24-43-37(31)48)27-18-14-10-4-3-5-11-15-19-27/h26-30,32-35,42-43H,3-25H2,1-2H3,(H2,41,45)(H,44,49). The molecular weight excluding hydrogens is 687 g/mol. The van der Waals surface area contributed by atoms with E-state index in [9.17, 15) is 13.2 Å². The van der Waals surface area contributed by atoms with Gasteiger partial charge in [-0.05, 0) is 63.5 Å². The van der Waals surface area contributed by atoms with E-state index in [4.69, 9.17) is 5.73 Å². The van der Waals surface area contributed by atoms with Gasteiger partial charge in [-0.25, -0.2) is 26.2 Å². The average Bonchev–Trinajstić information content (AvgIpc) is 3.53. The molecule has 0 aromatic carbocycles. The van der Waals surface area contributed by atoms with Gasteiger partial charge in [0, 0.05) is 33.2 Å². The molecular formula is C38H66F2N8O3S. The number of piperidine rings is 2. The van der Waals surface area contributed by atoms with Crippen LogP contribution in [0.4, 0.5) is 20.4 Å². The van der Waals surface area contributed by atoms with Crippen molar-refractivity contribution in [1.82, 2.24) is 29.6 Å². The Labute approximate surface area is 311 Å². The zero-order valence-electron chi connectivity index (χ0n) is 31.7. The van der Waals surface area contributed by atoms with E-state index in [1.54, 1.807) is 18.8 Å². The van der Waals surface area contributed by atoms with Gasteiger partial charge in [0.15, 0.2) is 5.82 Å². The lowest BCUT2D eigenvalue weighted by Crippen LogP contribution is -2.70. The first kappa shape index (κ1) is 39.7. The van der Waals surface area contributed by atoms with Crippen molar-refractivity contribution in [3.63, 3.8) is 0 Å². The van der Waals surface area contributed by atoms with Crippen LogP contribution in [0, 0.1) is 11.8 Å². The van der Waals surface area contributed by atoms with Crippen LogP contribution < -0.4 is 21.7 Å². The predicted octanol–water partition coefficient (Wildman–Crippen LogP) is 5.79. The van der Waals surface area contributed by atoms with E-state index < -0.39 is 51.6 Å². The molecule has 1 amide bonds. The van der Waals surface area contributed by atoms with Crippen LogP contribution in [-0.2, 0) is 10.0 Å². The van der Waals surface area contributed by atoms with Gasteiger partial charge >= 0.3 is 0 Å². The van der Waals surface area contributed by atoms with E-state index in [1.165, 1.54) is 49.3 Å². The number of amides is 1. The molecule has 0 radical (unpaired) electrons. The Morgan fingerprint density at radius 1 is 0.808 bits per heavy atom. The lowest BCUT2D eigenvalue weighted by atomic mass is 9.80. The molecule has 296 valence electrons. The van der Waals surface area contributed by atoms with Crippen molar-refractivity contribution in [1.29, 1.82) is 0 Å². The summed E-state index contributed by atoms with van der Waals surface area (Å²) in [5, 5.41) is 13.9. The van der Waals surface area contributed by atoms with Crippen LogP contribution in [0.25, 0.3) is 0 Å². The summed E-state index contributed by atoms with van der Waals surface area (Å²) in [7, 11) is -0.310. The Kier molecular flexibility index (Phi) is 13.8. The summed E-state index contributed by atoms with van der Waals surface area (Å²) in [5.41, 5.74) is 6.69. The molecule has 11 nitrogen and oxygen atoms in total. The molecule has 6 unspecified atom stereocenters. The highest BCUT2D eigenvalue weighted by molar-refractivity contribution is 7.89. The zero-order chi connectivity index (χ0) is 36.8. The van der Waals surface area contributed by atoms with Crippen LogP contribution in [0.1, 0.15) is 138 Å². The van der Waals surface area contributed by atoms with E-state index in [2.05, 4.69) is 25.9 Å². The fourth-order valence-corrected chi connectivity index (χ4v) is 11.6. The Bertz CT molecular complexity index is 1400. The summed E-state index contributed by atoms with van der Waals surface area (Å²) in [4.78, 5) is 16.4. The van der Waals surface area contributed by atoms with E-state index >= 15 is 8.78 Å². The Morgan fingerprint density at radius 3 is 1.90 bits per heavy atom. The van der Waals surface area contributed by atoms with Crippen molar-refractivity contribution < 1.29 is 22.0 Å². The first-order valence-corrected chi connectivity index (χ1v) is 22.2. The molecule has 52 heavy (non-hydrogen) atoms. The lowest BCUT2D eigenvalue weighted by molar-refractivity contribution is 0.00633. The Morgan fingerprint density at radius 2 is 1.35 bits per heavy atom. The second kappa shape index (κ2) is 18.1. The summed E-state index contributed by atoms with van der Waals surface area (Å²) in [6, 6.07) is -2.04. The largest absolute Gasteiger partial charge is 0.381 e. The number of hydrogen-bond acceptors (Lipinski definition) is 8. The Balaban J connectivity index is 1.23. The fraction of sp³-hybridized carbons (Fsp3) is 0.895. The highest BCUT2D eigenvalue weighted by atomic mass is 32.2. The third kappa shape index (κ3) is 8.91. The number of alkyl halides is 2. The van der Waals surface area contributed by atoms with Crippen LogP contribution in [0.3, 0.4) is 0 Å². The minimum Gasteiger partial charge on any atom is -0.381 e. The summed E-state index contributed by atoms with van der Waals surface area (Å²) in [5.74, 6) is 0.366. The molecule has 0 bridgehead atoms. The molecule has 0 spiro atoms. The van der Waals surface area contributed by atoms with Crippen molar-refractivity contribution in [2.24, 2.45) is 11.8 Å². The number of likely N-dealkylation sites (tertiary alicyclic amines) is 1. The maximum absolute atomic E-state index is 17.2. The third-order valence-corrected chi connectivity index (χ3v) is 15.5. The minimum atomic E-state index is -3.43. The maximum atomic E-state index is 17.2. The summed E-state index contributed by atoms with van der Waals surface area (Å²) < 4.78 is 61.9. The summed E-state index contributed by atoms with van der Waals surface area (Å²) in [6.45, 7) is 1.34. The first-order chi connectivity index (χ1) is 25.1. The SMILES string of the molecule is CN(C)S(=O)(=O)C1CCN(C2C(NC(=O)c3c(N)nn4c3NCC(F)C4C3CCCCCCCCC3)CNC(C3CCCCCCCC3)C2F)CC1. The molecule has 2 aliphatic carbocycles. The predicted molar refractivity (Wildman–Crippen MR) is 203 cm³/mol. The molecule has 1 aromatic rings. The molecule has 6 atom stereocenters. The smallest absolute Gasteiger partial charge is 0.259 e. The molecule has 2 saturated carbocycles. The van der Waals surface area contributed by atoms with Gasteiger partial charge < -0.3 is 21.7 Å². The van der Waals surface area contributed by atoms with Crippen molar-refractivity contribution in [3.05, 3.63) is 5.56 Å². The van der Waals surface area contributed by atoms with Crippen LogP contribution in [0.15, 0.2) is 0 Å². The van der Waals surface area contributed by atoms with Gasteiger partial charge in [0.25, 0.3) is 5.91 Å². The number of rotatable bonds is 7. The van der Waals surface area contributed by atoms with Gasteiger partial charge in [0.2, 0.25) is 10.0 Å². The molecule has 3 aliphatic heterocycles. The average molecular weight is 753 g/mol. The van der Waals surface area contributed by atoms with Gasteiger partial charge in [-0.1, -0.05) is 83.5 Å². The van der Waals surface area contributed by atoms with Crippen molar-refractivity contribution in [2.45, 2.75) is 164 Å². The molecule has 6 rings (SSSR count). The number of carbonyl (C=O) groups is 1. The number of fused-ring (bicyclic) bond motifs is 1. The number of nitrogens with zero attached hydrogens (tertiary/aromatic N) is 4. The van der Waals surface area contributed by atoms with Gasteiger partial charge in [-0.3, -0.25) is 9.69 Å². The second-order valence-corrected chi connectivity index (χ2v) is 19.2. The number of sulfonamides is 1. The number of nitrogens with one attached hydrogen (secondary N) is 3. The number of carbonyl (C=O) groups excluding carboxylic acids is 1. The second-order valence-electron chi connectivity index (χ2n) is 16.7. The number of nitrogens with two attached hydrogens (primary N) is 1. The maximum Gasteiger partial charge on any atom is 0.259 e. The highest BCUT2D eigenvalue weighted by Crippen LogP contribution is 2.41. The third-order valence-electron chi connectivity index (χ3n) is 13.1. The van der Waals surface area contributed by atoms with Crippen LogP contribution in [-0.4, -0.2) is 109 Å². The molecule has 2 saturated heterocycles. The van der Waals surface area contributed by atoms with Gasteiger partial charge in [-0.2, -0.15) is 5.10 Å². The van der Waals surface area contributed by atoms with Crippen molar-refractivity contribution in [2.75, 3.05) is 51.3 Å². The van der Waals surface area contributed by atoms with E-state index in [-0.39, 0.29) is 35.8 Å². The normalized spacial score (nSPS) is 31.9. The summed E-state index contributed by atoms with van der Waals surface area (Å²) in [6.07, 6.45) is 17.3. The van der Waals surface area contributed by atoms with E-state index in [0.29, 0.717) is 38.3 Å². The molecule has 4 fully saturated rings. The fourth-order valence-electron chi connectivity index (χ4n) is 10.2. The number of aromatic nitrogens is 2. The highest BCUT2D eigenvalue weighted by Gasteiger charge is 2.48. The van der Waals surface area contributed by atoms with Crippen molar-refractivity contribution in [3.8, 4) is 0 Å². The quantitative estimate of drug-likeness (QED) is 0.275. The number of halogens is 2. The minimum absolute atomic E-state index is 0.0502. The molecule has 5 N–H and O–H groups in total. The van der Waals surface area contributed by atoms with E-state index in [1.807, 2.05) is 0 Å². The zero-order valence-corrected chi connectivity index (χ0v) is 32.5.